The fourth-order valence-electron chi connectivity index (χ4n) is 4.35. The minimum atomic E-state index is -0.388. The lowest BCUT2D eigenvalue weighted by molar-refractivity contribution is -0.0352. The minimum absolute atomic E-state index is 0. The number of hydrogen-bond acceptors (Lipinski definition) is 4. The first-order valence-electron chi connectivity index (χ1n) is 10.7. The van der Waals surface area contributed by atoms with E-state index in [4.69, 9.17) is 10.00 Å². The van der Waals surface area contributed by atoms with Gasteiger partial charge in [0.15, 0.2) is 5.96 Å². The lowest BCUT2D eigenvalue weighted by Crippen LogP contribution is -2.60. The zero-order valence-corrected chi connectivity index (χ0v) is 20.1. The maximum Gasteiger partial charge on any atom is 0.191 e. The summed E-state index contributed by atoms with van der Waals surface area (Å²) in [7, 11) is 0. The average Bonchev–Trinajstić information content (AvgIpc) is 2.77. The van der Waals surface area contributed by atoms with Crippen molar-refractivity contribution in [3.63, 3.8) is 0 Å². The molecule has 3 rings (SSSR count). The summed E-state index contributed by atoms with van der Waals surface area (Å²) in [5.41, 5.74) is 0.949. The molecule has 0 unspecified atom stereocenters. The van der Waals surface area contributed by atoms with E-state index in [1.165, 1.54) is 38.2 Å². The number of nitrogens with zero attached hydrogens (tertiary/aromatic N) is 3. The lowest BCUT2D eigenvalue weighted by Gasteiger charge is -2.48. The molecule has 0 bridgehead atoms. The fraction of sp³-hybridized carbons (Fsp3) is 0.636. The van der Waals surface area contributed by atoms with E-state index < -0.39 is 0 Å². The zero-order chi connectivity index (χ0) is 20.5. The number of benzene rings is 1. The Morgan fingerprint density at radius 3 is 2.60 bits per heavy atom. The first-order chi connectivity index (χ1) is 14.2. The molecule has 0 radical (unpaired) electrons. The van der Waals surface area contributed by atoms with E-state index in [0.717, 1.165) is 39.4 Å². The van der Waals surface area contributed by atoms with Gasteiger partial charge in [0.2, 0.25) is 0 Å². The third-order valence-electron chi connectivity index (χ3n) is 5.98. The molecule has 0 spiro atoms. The topological polar surface area (TPSA) is 72.7 Å². The highest BCUT2D eigenvalue weighted by atomic mass is 127. The van der Waals surface area contributed by atoms with Crippen LogP contribution in [0, 0.1) is 17.1 Å². The van der Waals surface area contributed by atoms with E-state index in [1.807, 2.05) is 13.0 Å². The van der Waals surface area contributed by atoms with Crippen molar-refractivity contribution in [1.29, 1.82) is 5.26 Å². The number of morpholine rings is 1. The molecule has 6 nitrogen and oxygen atoms in total. The molecule has 166 valence electrons. The summed E-state index contributed by atoms with van der Waals surface area (Å²) in [6.45, 7) is 7.38. The molecule has 1 aliphatic heterocycles. The van der Waals surface area contributed by atoms with Crippen LogP contribution in [0.2, 0.25) is 0 Å². The molecule has 2 fully saturated rings. The van der Waals surface area contributed by atoms with Crippen molar-refractivity contribution in [2.24, 2.45) is 4.99 Å². The fourth-order valence-corrected chi connectivity index (χ4v) is 4.35. The first-order valence-corrected chi connectivity index (χ1v) is 10.7. The van der Waals surface area contributed by atoms with Crippen molar-refractivity contribution in [3.8, 4) is 6.07 Å². The van der Waals surface area contributed by atoms with Crippen LogP contribution in [0.5, 0.6) is 0 Å². The van der Waals surface area contributed by atoms with Crippen LogP contribution in [0.25, 0.3) is 0 Å². The molecule has 0 aromatic heterocycles. The van der Waals surface area contributed by atoms with E-state index >= 15 is 0 Å². The van der Waals surface area contributed by atoms with Crippen molar-refractivity contribution in [1.82, 2.24) is 15.5 Å². The van der Waals surface area contributed by atoms with Crippen LogP contribution < -0.4 is 10.6 Å². The molecule has 0 amide bonds. The van der Waals surface area contributed by atoms with Gasteiger partial charge < -0.3 is 15.4 Å². The highest BCUT2D eigenvalue weighted by Gasteiger charge is 2.38. The van der Waals surface area contributed by atoms with Gasteiger partial charge >= 0.3 is 0 Å². The molecule has 1 saturated heterocycles. The molecule has 2 aliphatic rings. The second kappa shape index (κ2) is 12.4. The molecule has 8 heteroatoms. The Morgan fingerprint density at radius 2 is 1.97 bits per heavy atom. The second-order valence-corrected chi connectivity index (χ2v) is 7.85. The number of nitriles is 1. The predicted molar refractivity (Wildman–Crippen MR) is 128 cm³/mol. The standard InChI is InChI=1S/C22H32FN5O.HI/c1-2-25-21(26-16-19-7-6-18(15-24)14-20(19)23)27-17-22(8-4-3-5-9-22)28-10-12-29-13-11-28;/h6-7,14H,2-5,8-13,16-17H2,1H3,(H2,25,26,27);1H. The van der Waals surface area contributed by atoms with Crippen molar-refractivity contribution in [2.45, 2.75) is 51.1 Å². The molecular weight excluding hydrogens is 496 g/mol. The molecule has 1 aliphatic carbocycles. The van der Waals surface area contributed by atoms with Gasteiger partial charge in [-0.2, -0.15) is 5.26 Å². The van der Waals surface area contributed by atoms with Crippen molar-refractivity contribution >= 4 is 29.9 Å². The highest BCUT2D eigenvalue weighted by Crippen LogP contribution is 2.33. The van der Waals surface area contributed by atoms with Crippen LogP contribution >= 0.6 is 24.0 Å². The largest absolute Gasteiger partial charge is 0.379 e. The van der Waals surface area contributed by atoms with Crippen LogP contribution in [-0.2, 0) is 11.3 Å². The second-order valence-electron chi connectivity index (χ2n) is 7.85. The van der Waals surface area contributed by atoms with Gasteiger partial charge in [0, 0.05) is 37.3 Å². The molecular formula is C22H33FIN5O. The van der Waals surface area contributed by atoms with Crippen molar-refractivity contribution in [3.05, 3.63) is 35.1 Å². The van der Waals surface area contributed by atoms with Gasteiger partial charge in [0.1, 0.15) is 5.82 Å². The summed E-state index contributed by atoms with van der Waals surface area (Å²) in [5, 5.41) is 15.7. The third kappa shape index (κ3) is 6.53. The molecule has 1 saturated carbocycles. The molecule has 0 atom stereocenters. The molecule has 1 aromatic carbocycles. The Kier molecular flexibility index (Phi) is 10.3. The summed E-state index contributed by atoms with van der Waals surface area (Å²) in [6, 6.07) is 6.49. The first kappa shape index (κ1) is 24.8. The van der Waals surface area contributed by atoms with E-state index in [0.29, 0.717) is 17.1 Å². The average molecular weight is 529 g/mol. The van der Waals surface area contributed by atoms with Crippen LogP contribution in [0.1, 0.15) is 50.2 Å². The lowest BCUT2D eigenvalue weighted by atomic mass is 9.80. The normalized spacial score (nSPS) is 19.4. The summed E-state index contributed by atoms with van der Waals surface area (Å²) in [4.78, 5) is 7.18. The van der Waals surface area contributed by atoms with E-state index in [1.54, 1.807) is 12.1 Å². The highest BCUT2D eigenvalue weighted by molar-refractivity contribution is 14.0. The molecule has 1 aromatic rings. The molecule has 1 heterocycles. The molecule has 30 heavy (non-hydrogen) atoms. The Labute approximate surface area is 196 Å². The maximum atomic E-state index is 14.2. The smallest absolute Gasteiger partial charge is 0.191 e. The van der Waals surface area contributed by atoms with Gasteiger partial charge in [-0.25, -0.2) is 9.38 Å². The summed E-state index contributed by atoms with van der Waals surface area (Å²) < 4.78 is 19.7. The quantitative estimate of drug-likeness (QED) is 0.336. The Balaban J connectivity index is 0.00000320. The number of hydrogen-bond donors (Lipinski definition) is 2. The van der Waals surface area contributed by atoms with Crippen molar-refractivity contribution in [2.75, 3.05) is 39.4 Å². The van der Waals surface area contributed by atoms with Crippen LogP contribution in [0.3, 0.4) is 0 Å². The molecule has 2 N–H and O–H groups in total. The number of nitrogens with one attached hydrogen (secondary N) is 2. The van der Waals surface area contributed by atoms with Crippen LogP contribution in [0.4, 0.5) is 4.39 Å². The Morgan fingerprint density at radius 1 is 1.23 bits per heavy atom. The number of guanidine groups is 1. The zero-order valence-electron chi connectivity index (χ0n) is 17.8. The monoisotopic (exact) mass is 529 g/mol. The third-order valence-corrected chi connectivity index (χ3v) is 5.98. The number of aliphatic imine (C=N–C) groups is 1. The van der Waals surface area contributed by atoms with Gasteiger partial charge in [-0.1, -0.05) is 25.3 Å². The van der Waals surface area contributed by atoms with E-state index in [2.05, 4.69) is 20.5 Å². The predicted octanol–water partition coefficient (Wildman–Crippen LogP) is 3.41. The van der Waals surface area contributed by atoms with Gasteiger partial charge in [-0.15, -0.1) is 24.0 Å². The van der Waals surface area contributed by atoms with E-state index in [-0.39, 0.29) is 41.9 Å². The van der Waals surface area contributed by atoms with E-state index in [9.17, 15) is 4.39 Å². The van der Waals surface area contributed by atoms with Crippen molar-refractivity contribution < 1.29 is 9.13 Å². The number of ether oxygens (including phenoxy) is 1. The summed E-state index contributed by atoms with van der Waals surface area (Å²) in [5.74, 6) is 0.315. The van der Waals surface area contributed by atoms with Crippen LogP contribution in [-0.4, -0.2) is 55.8 Å². The van der Waals surface area contributed by atoms with Gasteiger partial charge in [-0.3, -0.25) is 4.90 Å². The number of rotatable bonds is 6. The van der Waals surface area contributed by atoms with Gasteiger partial charge in [0.25, 0.3) is 0 Å². The summed E-state index contributed by atoms with van der Waals surface area (Å²) in [6.07, 6.45) is 6.18. The summed E-state index contributed by atoms with van der Waals surface area (Å²) >= 11 is 0. The maximum absolute atomic E-state index is 14.2. The Hall–Kier alpha value is -1.44. The van der Waals surface area contributed by atoms with Crippen LogP contribution in [0.15, 0.2) is 23.2 Å². The van der Waals surface area contributed by atoms with Gasteiger partial charge in [-0.05, 0) is 31.9 Å². The SMILES string of the molecule is CCNC(=NCc1ccc(C#N)cc1F)NCC1(N2CCOCC2)CCCCC1.I. The Bertz CT molecular complexity index is 740. The number of halogens is 2. The van der Waals surface area contributed by atoms with Gasteiger partial charge in [0.05, 0.1) is 31.4 Å². The minimum Gasteiger partial charge on any atom is -0.379 e.